The Labute approximate surface area is 112 Å². The van der Waals surface area contributed by atoms with Gasteiger partial charge in [-0.1, -0.05) is 35.0 Å². The number of benzene rings is 1. The summed E-state index contributed by atoms with van der Waals surface area (Å²) in [5.41, 5.74) is 8.58. The Morgan fingerprint density at radius 1 is 1.26 bits per heavy atom. The molecule has 1 aromatic heterocycles. The summed E-state index contributed by atoms with van der Waals surface area (Å²) in [4.78, 5) is 0. The van der Waals surface area contributed by atoms with E-state index in [0.717, 1.165) is 11.1 Å². The Kier molecular flexibility index (Phi) is 3.36. The number of hydrogen-bond acceptors (Lipinski definition) is 5. The average molecular weight is 280 g/mol. The van der Waals surface area contributed by atoms with E-state index in [1.54, 1.807) is 6.92 Å². The van der Waals surface area contributed by atoms with Crippen LogP contribution >= 0.6 is 0 Å². The van der Waals surface area contributed by atoms with Crippen LogP contribution < -0.4 is 5.73 Å². The summed E-state index contributed by atoms with van der Waals surface area (Å²) in [7, 11) is -3.26. The van der Waals surface area contributed by atoms with Crippen molar-refractivity contribution in [3.8, 4) is 11.1 Å². The Hall–Kier alpha value is -1.82. The summed E-state index contributed by atoms with van der Waals surface area (Å²) < 4.78 is 28.3. The number of nitrogen functional groups attached to an aromatic ring is 1. The first-order chi connectivity index (χ1) is 8.80. The third kappa shape index (κ3) is 2.63. The summed E-state index contributed by atoms with van der Waals surface area (Å²) in [5, 5.41) is 3.04. The lowest BCUT2D eigenvalue weighted by atomic mass is 10.0. The van der Waals surface area contributed by atoms with E-state index >= 15 is 0 Å². The van der Waals surface area contributed by atoms with Gasteiger partial charge in [-0.2, -0.15) is 0 Å². The number of rotatable bonds is 3. The van der Waals surface area contributed by atoms with E-state index in [9.17, 15) is 8.42 Å². The van der Waals surface area contributed by atoms with Crippen LogP contribution in [0.15, 0.2) is 28.8 Å². The molecule has 102 valence electrons. The highest BCUT2D eigenvalue weighted by molar-refractivity contribution is 7.90. The predicted molar refractivity (Wildman–Crippen MR) is 74.3 cm³/mol. The van der Waals surface area contributed by atoms with E-state index in [2.05, 4.69) is 5.16 Å². The van der Waals surface area contributed by atoms with Gasteiger partial charge >= 0.3 is 0 Å². The fourth-order valence-corrected chi connectivity index (χ4v) is 2.37. The van der Waals surface area contributed by atoms with Crippen LogP contribution in [0.5, 0.6) is 0 Å². The van der Waals surface area contributed by atoms with E-state index in [1.807, 2.05) is 31.2 Å². The van der Waals surface area contributed by atoms with Gasteiger partial charge in [0.2, 0.25) is 5.88 Å². The molecule has 0 radical (unpaired) electrons. The highest BCUT2D eigenvalue weighted by Crippen LogP contribution is 2.35. The Bertz CT molecular complexity index is 687. The number of nitrogens with zero attached hydrogens (tertiary/aromatic N) is 1. The molecule has 6 heteroatoms. The topological polar surface area (TPSA) is 86.2 Å². The second kappa shape index (κ2) is 4.70. The Morgan fingerprint density at radius 2 is 1.84 bits per heavy atom. The monoisotopic (exact) mass is 280 g/mol. The summed E-state index contributed by atoms with van der Waals surface area (Å²) >= 11 is 0. The maximum Gasteiger partial charge on any atom is 0.230 e. The van der Waals surface area contributed by atoms with Crippen molar-refractivity contribution in [1.82, 2.24) is 5.16 Å². The lowest BCUT2D eigenvalue weighted by Crippen LogP contribution is -2.09. The van der Waals surface area contributed by atoms with Crippen LogP contribution in [-0.4, -0.2) is 19.8 Å². The third-order valence-electron chi connectivity index (χ3n) is 3.11. The molecule has 1 atom stereocenters. The van der Waals surface area contributed by atoms with Crippen LogP contribution in [0.1, 0.15) is 23.4 Å². The molecule has 0 aliphatic heterocycles. The highest BCUT2D eigenvalue weighted by atomic mass is 32.2. The normalized spacial score (nSPS) is 13.4. The smallest absolute Gasteiger partial charge is 0.230 e. The molecule has 5 nitrogen and oxygen atoms in total. The molecular formula is C13H16N2O3S. The first-order valence-corrected chi connectivity index (χ1v) is 7.77. The number of nitrogens with two attached hydrogens (primary N) is 1. The third-order valence-corrected chi connectivity index (χ3v) is 4.62. The van der Waals surface area contributed by atoms with E-state index in [1.165, 1.54) is 6.26 Å². The maximum atomic E-state index is 11.7. The molecule has 2 aromatic rings. The van der Waals surface area contributed by atoms with Gasteiger partial charge in [0, 0.05) is 6.26 Å². The lowest BCUT2D eigenvalue weighted by Gasteiger charge is -2.08. The summed E-state index contributed by atoms with van der Waals surface area (Å²) in [6.45, 7) is 3.55. The molecule has 1 aromatic carbocycles. The van der Waals surface area contributed by atoms with Crippen LogP contribution in [0.2, 0.25) is 0 Å². The molecule has 0 aliphatic carbocycles. The Balaban J connectivity index is 2.58. The molecule has 0 saturated heterocycles. The van der Waals surface area contributed by atoms with Crippen LogP contribution in [0.3, 0.4) is 0 Å². The molecule has 0 aliphatic rings. The van der Waals surface area contributed by atoms with E-state index in [-0.39, 0.29) is 5.88 Å². The SMILES string of the molecule is Cc1ccc(-c2c(C(C)S(C)(=O)=O)noc2N)cc1. The van der Waals surface area contributed by atoms with Crippen molar-refractivity contribution >= 4 is 15.7 Å². The van der Waals surface area contributed by atoms with Crippen LogP contribution in [0.25, 0.3) is 11.1 Å². The van der Waals surface area contributed by atoms with Gasteiger partial charge in [0.25, 0.3) is 0 Å². The molecule has 2 rings (SSSR count). The number of aryl methyl sites for hydroxylation is 1. The van der Waals surface area contributed by atoms with Gasteiger partial charge in [0.15, 0.2) is 9.84 Å². The zero-order valence-corrected chi connectivity index (χ0v) is 11.9. The molecular weight excluding hydrogens is 264 g/mol. The number of anilines is 1. The quantitative estimate of drug-likeness (QED) is 0.932. The van der Waals surface area contributed by atoms with Gasteiger partial charge in [0.1, 0.15) is 10.9 Å². The summed E-state index contributed by atoms with van der Waals surface area (Å²) in [6, 6.07) is 7.60. The van der Waals surface area contributed by atoms with Crippen molar-refractivity contribution in [3.05, 3.63) is 35.5 Å². The first-order valence-electron chi connectivity index (χ1n) is 5.81. The Morgan fingerprint density at radius 3 is 2.37 bits per heavy atom. The minimum atomic E-state index is -3.26. The van der Waals surface area contributed by atoms with Crippen molar-refractivity contribution in [2.24, 2.45) is 0 Å². The zero-order valence-electron chi connectivity index (χ0n) is 11.0. The zero-order chi connectivity index (χ0) is 14.2. The molecule has 0 fully saturated rings. The second-order valence-electron chi connectivity index (χ2n) is 4.64. The molecule has 2 N–H and O–H groups in total. The van der Waals surface area contributed by atoms with Crippen LogP contribution in [0.4, 0.5) is 5.88 Å². The van der Waals surface area contributed by atoms with Crippen molar-refractivity contribution in [1.29, 1.82) is 0 Å². The van der Waals surface area contributed by atoms with Gasteiger partial charge in [-0.25, -0.2) is 8.42 Å². The molecule has 19 heavy (non-hydrogen) atoms. The fraction of sp³-hybridized carbons (Fsp3) is 0.308. The first kappa shape index (κ1) is 13.6. The van der Waals surface area contributed by atoms with Gasteiger partial charge in [-0.3, -0.25) is 0 Å². The average Bonchev–Trinajstić information content (AvgIpc) is 2.70. The minimum absolute atomic E-state index is 0.134. The number of aromatic nitrogens is 1. The fourth-order valence-electron chi connectivity index (χ4n) is 1.81. The van der Waals surface area contributed by atoms with Gasteiger partial charge < -0.3 is 10.3 Å². The standard InChI is InChI=1S/C13H16N2O3S/c1-8-4-6-10(7-5-8)11-12(15-18-13(11)14)9(2)19(3,16)17/h4-7,9H,14H2,1-3H3. The second-order valence-corrected chi connectivity index (χ2v) is 7.01. The van der Waals surface area contributed by atoms with Gasteiger partial charge in [-0.05, 0) is 19.4 Å². The molecule has 0 spiro atoms. The predicted octanol–water partition coefficient (Wildman–Crippen LogP) is 2.34. The van der Waals surface area contributed by atoms with Crippen LogP contribution in [-0.2, 0) is 9.84 Å². The van der Waals surface area contributed by atoms with Crippen molar-refractivity contribution in [3.63, 3.8) is 0 Å². The van der Waals surface area contributed by atoms with Gasteiger partial charge in [-0.15, -0.1) is 0 Å². The summed E-state index contributed by atoms with van der Waals surface area (Å²) in [5.74, 6) is 0.134. The molecule has 0 amide bonds. The minimum Gasteiger partial charge on any atom is -0.367 e. The van der Waals surface area contributed by atoms with E-state index in [4.69, 9.17) is 10.3 Å². The highest BCUT2D eigenvalue weighted by Gasteiger charge is 2.27. The summed E-state index contributed by atoms with van der Waals surface area (Å²) in [6.07, 6.45) is 1.17. The van der Waals surface area contributed by atoms with Crippen LogP contribution in [0, 0.1) is 6.92 Å². The number of sulfone groups is 1. The van der Waals surface area contributed by atoms with Crippen molar-refractivity contribution < 1.29 is 12.9 Å². The van der Waals surface area contributed by atoms with E-state index in [0.29, 0.717) is 11.3 Å². The van der Waals surface area contributed by atoms with Crippen molar-refractivity contribution in [2.75, 3.05) is 12.0 Å². The molecule has 1 heterocycles. The van der Waals surface area contributed by atoms with E-state index < -0.39 is 15.1 Å². The van der Waals surface area contributed by atoms with Crippen molar-refractivity contribution in [2.45, 2.75) is 19.1 Å². The molecule has 0 saturated carbocycles. The van der Waals surface area contributed by atoms with Gasteiger partial charge in [0.05, 0.1) is 5.56 Å². The lowest BCUT2D eigenvalue weighted by molar-refractivity contribution is 0.427. The molecule has 0 bridgehead atoms. The molecule has 1 unspecified atom stereocenters. The number of hydrogen-bond donors (Lipinski definition) is 1. The largest absolute Gasteiger partial charge is 0.367 e. The maximum absolute atomic E-state index is 11.7.